The molecule has 56 valence electrons. The van der Waals surface area contributed by atoms with Crippen LogP contribution in [-0.4, -0.2) is 12.8 Å². The van der Waals surface area contributed by atoms with E-state index in [9.17, 15) is 0 Å². The first kappa shape index (κ1) is 9.51. The predicted molar refractivity (Wildman–Crippen MR) is 44.9 cm³/mol. The third-order valence-corrected chi connectivity index (χ3v) is 1.72. The summed E-state index contributed by atoms with van der Waals surface area (Å²) >= 11 is 0. The zero-order valence-corrected chi connectivity index (χ0v) is 6.80. The molecule has 0 aromatic rings. The van der Waals surface area contributed by atoms with Crippen molar-refractivity contribution in [2.45, 2.75) is 39.0 Å². The average Bonchev–Trinajstić information content (AvgIpc) is 1.99. The molecule has 0 radical (unpaired) electrons. The van der Waals surface area contributed by atoms with Gasteiger partial charge in [-0.15, -0.1) is 0 Å². The highest BCUT2D eigenvalue weighted by atomic mass is 14.6. The van der Waals surface area contributed by atoms with E-state index in [0.717, 1.165) is 19.2 Å². The molecule has 0 fully saturated rings. The summed E-state index contributed by atoms with van der Waals surface area (Å²) < 4.78 is 0. The van der Waals surface area contributed by atoms with Gasteiger partial charge in [-0.2, -0.15) is 0 Å². The Morgan fingerprint density at radius 1 is 1.70 bits per heavy atom. The van der Waals surface area contributed by atoms with E-state index in [1.807, 2.05) is 6.82 Å². The zero-order chi connectivity index (χ0) is 7.98. The maximum Gasteiger partial charge on any atom is 0.264 e. The highest BCUT2D eigenvalue weighted by molar-refractivity contribution is 6.65. The number of nitrogens with zero attached hydrogens (tertiary/aromatic N) is 1. The van der Waals surface area contributed by atoms with Gasteiger partial charge in [0.05, 0.1) is 0 Å². The summed E-state index contributed by atoms with van der Waals surface area (Å²) in [5, 5.41) is 8.43. The lowest BCUT2D eigenvalue weighted by atomic mass is 9.50. The van der Waals surface area contributed by atoms with Gasteiger partial charge in [0, 0.05) is 12.0 Å². The van der Waals surface area contributed by atoms with Gasteiger partial charge in [-0.25, -0.2) is 5.26 Å². The second-order valence-electron chi connectivity index (χ2n) is 2.78. The van der Waals surface area contributed by atoms with Crippen molar-refractivity contribution in [1.29, 1.82) is 5.26 Å². The SMILES string of the molecule is CCC(N)CCB(C)C#N. The molecule has 1 unspecified atom stereocenters. The van der Waals surface area contributed by atoms with Crippen molar-refractivity contribution in [1.82, 2.24) is 0 Å². The molecule has 0 rings (SSSR count). The van der Waals surface area contributed by atoms with Crippen LogP contribution in [0.5, 0.6) is 0 Å². The summed E-state index contributed by atoms with van der Waals surface area (Å²) in [7, 11) is 0. The van der Waals surface area contributed by atoms with Crippen molar-refractivity contribution in [3.63, 3.8) is 0 Å². The van der Waals surface area contributed by atoms with E-state index in [-0.39, 0.29) is 12.8 Å². The minimum absolute atomic E-state index is 0.164. The summed E-state index contributed by atoms with van der Waals surface area (Å²) in [5.41, 5.74) is 5.67. The van der Waals surface area contributed by atoms with Crippen LogP contribution in [0, 0.1) is 11.2 Å². The van der Waals surface area contributed by atoms with Crippen LogP contribution in [0.1, 0.15) is 19.8 Å². The molecule has 0 bridgehead atoms. The predicted octanol–water partition coefficient (Wildman–Crippen LogP) is 1.30. The first-order valence-corrected chi connectivity index (χ1v) is 3.85. The molecule has 3 heteroatoms. The van der Waals surface area contributed by atoms with Gasteiger partial charge in [0.2, 0.25) is 0 Å². The fourth-order valence-electron chi connectivity index (χ4n) is 0.733. The molecule has 0 aliphatic carbocycles. The molecule has 10 heavy (non-hydrogen) atoms. The van der Waals surface area contributed by atoms with Gasteiger partial charge in [-0.05, 0) is 12.8 Å². The molecule has 0 saturated heterocycles. The standard InChI is InChI=1S/C7H15BN2/c1-3-7(10)4-5-8(2)6-9/h7H,3-5,10H2,1-2H3. The Morgan fingerprint density at radius 2 is 2.30 bits per heavy atom. The van der Waals surface area contributed by atoms with Gasteiger partial charge in [0.1, 0.15) is 0 Å². The smallest absolute Gasteiger partial charge is 0.264 e. The van der Waals surface area contributed by atoms with Crippen LogP contribution in [0.15, 0.2) is 0 Å². The second kappa shape index (κ2) is 5.31. The van der Waals surface area contributed by atoms with E-state index >= 15 is 0 Å². The van der Waals surface area contributed by atoms with Gasteiger partial charge in [0.15, 0.2) is 0 Å². The van der Waals surface area contributed by atoms with E-state index in [2.05, 4.69) is 12.9 Å². The van der Waals surface area contributed by atoms with Crippen LogP contribution in [0.3, 0.4) is 0 Å². The quantitative estimate of drug-likeness (QED) is 0.595. The molecule has 0 aromatic carbocycles. The lowest BCUT2D eigenvalue weighted by molar-refractivity contribution is 0.627. The Morgan fingerprint density at radius 3 is 2.70 bits per heavy atom. The monoisotopic (exact) mass is 138 g/mol. The number of nitrogens with two attached hydrogens (primary N) is 1. The first-order valence-electron chi connectivity index (χ1n) is 3.85. The summed E-state index contributed by atoms with van der Waals surface area (Å²) in [5.74, 6) is 2.19. The van der Waals surface area contributed by atoms with Crippen LogP contribution in [-0.2, 0) is 0 Å². The highest BCUT2D eigenvalue weighted by Gasteiger charge is 2.07. The molecular weight excluding hydrogens is 123 g/mol. The number of hydrogen-bond acceptors (Lipinski definition) is 2. The molecule has 0 heterocycles. The lowest BCUT2D eigenvalue weighted by Crippen LogP contribution is -2.20. The molecule has 2 N–H and O–H groups in total. The molecular formula is C7H15BN2. The summed E-state index contributed by atoms with van der Waals surface area (Å²) in [6.07, 6.45) is 2.93. The van der Waals surface area contributed by atoms with Crippen LogP contribution >= 0.6 is 0 Å². The molecule has 0 saturated carbocycles. The summed E-state index contributed by atoms with van der Waals surface area (Å²) in [6.45, 7) is 4.17. The van der Waals surface area contributed by atoms with Crippen LogP contribution < -0.4 is 5.73 Å². The van der Waals surface area contributed by atoms with E-state index in [1.165, 1.54) is 0 Å². The summed E-state index contributed by atoms with van der Waals surface area (Å²) in [4.78, 5) is 0. The fourth-order valence-corrected chi connectivity index (χ4v) is 0.733. The third-order valence-electron chi connectivity index (χ3n) is 1.72. The zero-order valence-electron chi connectivity index (χ0n) is 6.80. The summed E-state index contributed by atoms with van der Waals surface area (Å²) in [6, 6.07) is 0.288. The minimum Gasteiger partial charge on any atom is -0.328 e. The van der Waals surface area contributed by atoms with Crippen molar-refractivity contribution in [2.75, 3.05) is 0 Å². The van der Waals surface area contributed by atoms with E-state index in [1.54, 1.807) is 0 Å². The van der Waals surface area contributed by atoms with Gasteiger partial charge < -0.3 is 5.73 Å². The van der Waals surface area contributed by atoms with Gasteiger partial charge in [0.25, 0.3) is 6.71 Å². The van der Waals surface area contributed by atoms with Crippen LogP contribution in [0.25, 0.3) is 0 Å². The molecule has 1 atom stereocenters. The first-order chi connectivity index (χ1) is 4.70. The molecule has 2 nitrogen and oxygen atoms in total. The second-order valence-corrected chi connectivity index (χ2v) is 2.78. The van der Waals surface area contributed by atoms with Crippen molar-refractivity contribution < 1.29 is 0 Å². The van der Waals surface area contributed by atoms with E-state index in [4.69, 9.17) is 11.0 Å². The van der Waals surface area contributed by atoms with Crippen molar-refractivity contribution >= 4 is 6.71 Å². The van der Waals surface area contributed by atoms with Gasteiger partial charge >= 0.3 is 0 Å². The molecule has 0 aliphatic rings. The highest BCUT2D eigenvalue weighted by Crippen LogP contribution is 2.01. The maximum absolute atomic E-state index is 8.43. The molecule has 0 aliphatic heterocycles. The Hall–Kier alpha value is -0.485. The number of rotatable bonds is 4. The molecule has 0 spiro atoms. The number of nitriles is 1. The van der Waals surface area contributed by atoms with Gasteiger partial charge in [-0.1, -0.05) is 20.1 Å². The average molecular weight is 138 g/mol. The Kier molecular flexibility index (Phi) is 5.05. The van der Waals surface area contributed by atoms with E-state index < -0.39 is 0 Å². The fraction of sp³-hybridized carbons (Fsp3) is 0.857. The van der Waals surface area contributed by atoms with Crippen molar-refractivity contribution in [2.24, 2.45) is 5.73 Å². The molecule has 0 aromatic heterocycles. The Labute approximate surface area is 63.5 Å². The maximum atomic E-state index is 8.43. The normalized spacial score (nSPS) is 12.2. The Balaban J connectivity index is 3.28. The van der Waals surface area contributed by atoms with Crippen LogP contribution in [0.2, 0.25) is 13.1 Å². The lowest BCUT2D eigenvalue weighted by Gasteiger charge is -2.06. The van der Waals surface area contributed by atoms with Crippen molar-refractivity contribution in [3.8, 4) is 5.97 Å². The largest absolute Gasteiger partial charge is 0.328 e. The number of hydrogen-bond donors (Lipinski definition) is 1. The topological polar surface area (TPSA) is 49.8 Å². The molecule has 0 amide bonds. The van der Waals surface area contributed by atoms with Gasteiger partial charge in [-0.3, -0.25) is 0 Å². The Bertz CT molecular complexity index is 119. The van der Waals surface area contributed by atoms with E-state index in [0.29, 0.717) is 0 Å². The van der Waals surface area contributed by atoms with Crippen molar-refractivity contribution in [3.05, 3.63) is 0 Å². The van der Waals surface area contributed by atoms with Crippen LogP contribution in [0.4, 0.5) is 0 Å². The minimum atomic E-state index is 0.164. The third kappa shape index (κ3) is 4.40.